The topological polar surface area (TPSA) is 134 Å². The van der Waals surface area contributed by atoms with E-state index in [4.69, 9.17) is 24.3 Å². The van der Waals surface area contributed by atoms with E-state index in [1.165, 1.54) is 12.8 Å². The molecule has 0 radical (unpaired) electrons. The molecule has 454 valence electrons. The van der Waals surface area contributed by atoms with Crippen molar-refractivity contribution in [1.82, 2.24) is 0 Å². The summed E-state index contributed by atoms with van der Waals surface area (Å²) in [7, 11) is -4.41. The Hall–Kier alpha value is -4.89. The molecule has 0 aliphatic rings. The van der Waals surface area contributed by atoms with Crippen molar-refractivity contribution in [3.63, 3.8) is 0 Å². The van der Waals surface area contributed by atoms with Gasteiger partial charge in [-0.25, -0.2) is 4.57 Å². The van der Waals surface area contributed by atoms with Gasteiger partial charge in [0.2, 0.25) is 0 Å². The Morgan fingerprint density at radius 2 is 0.642 bits per heavy atom. The predicted octanol–water partition coefficient (Wildman–Crippen LogP) is 20.4. The van der Waals surface area contributed by atoms with Crippen LogP contribution in [0.3, 0.4) is 0 Å². The zero-order valence-electron chi connectivity index (χ0n) is 50.7. The van der Waals surface area contributed by atoms with Crippen LogP contribution in [0.5, 0.6) is 0 Å². The fourth-order valence-electron chi connectivity index (χ4n) is 7.75. The number of hydrogen-bond acceptors (Lipinski definition) is 8. The van der Waals surface area contributed by atoms with Gasteiger partial charge in [0.1, 0.15) is 6.61 Å². The second-order valence-electron chi connectivity index (χ2n) is 19.8. The van der Waals surface area contributed by atoms with Crippen LogP contribution in [-0.4, -0.2) is 49.3 Å². The molecule has 0 fully saturated rings. The molecule has 0 aromatic rings. The molecular weight excluding hydrogens is 1030 g/mol. The van der Waals surface area contributed by atoms with Crippen LogP contribution in [0.2, 0.25) is 0 Å². The summed E-state index contributed by atoms with van der Waals surface area (Å²) in [5.41, 5.74) is 5.38. The Balaban J connectivity index is 4.04. The van der Waals surface area contributed by atoms with Gasteiger partial charge in [0, 0.05) is 19.4 Å². The molecule has 2 unspecified atom stereocenters. The van der Waals surface area contributed by atoms with Gasteiger partial charge in [-0.2, -0.15) is 0 Å². The van der Waals surface area contributed by atoms with Crippen LogP contribution in [0.25, 0.3) is 0 Å². The van der Waals surface area contributed by atoms with Gasteiger partial charge < -0.3 is 20.1 Å². The van der Waals surface area contributed by atoms with E-state index in [2.05, 4.69) is 196 Å². The van der Waals surface area contributed by atoms with Gasteiger partial charge in [-0.05, 0) is 135 Å². The van der Waals surface area contributed by atoms with Crippen molar-refractivity contribution >= 4 is 19.8 Å². The Bertz CT molecular complexity index is 1980. The van der Waals surface area contributed by atoms with E-state index in [0.717, 1.165) is 167 Å². The quantitative estimate of drug-likeness (QED) is 0.0264. The lowest BCUT2D eigenvalue weighted by atomic mass is 10.1. The molecule has 0 heterocycles. The highest BCUT2D eigenvalue weighted by Gasteiger charge is 2.26. The molecule has 9 nitrogen and oxygen atoms in total. The van der Waals surface area contributed by atoms with E-state index in [-0.39, 0.29) is 32.6 Å². The number of carbonyl (C=O) groups is 2. The number of nitrogens with two attached hydrogens (primary N) is 1. The number of ether oxygens (including phenoxy) is 2. The lowest BCUT2D eigenvalue weighted by Gasteiger charge is -2.19. The largest absolute Gasteiger partial charge is 0.472 e. The van der Waals surface area contributed by atoms with Crippen molar-refractivity contribution in [2.24, 2.45) is 5.73 Å². The maximum Gasteiger partial charge on any atom is 0.472 e. The summed E-state index contributed by atoms with van der Waals surface area (Å²) in [5.74, 6) is -0.871. The number of carbonyl (C=O) groups excluding carboxylic acids is 2. The smallest absolute Gasteiger partial charge is 0.462 e. The van der Waals surface area contributed by atoms with Crippen LogP contribution in [-0.2, 0) is 32.7 Å². The highest BCUT2D eigenvalue weighted by atomic mass is 31.2. The second-order valence-corrected chi connectivity index (χ2v) is 21.3. The number of phosphoric ester groups is 1. The molecular formula is C71H112NO8P. The van der Waals surface area contributed by atoms with Gasteiger partial charge >= 0.3 is 19.8 Å². The van der Waals surface area contributed by atoms with E-state index in [9.17, 15) is 19.0 Å². The van der Waals surface area contributed by atoms with Crippen LogP contribution >= 0.6 is 7.82 Å². The van der Waals surface area contributed by atoms with Crippen LogP contribution in [0.1, 0.15) is 219 Å². The molecule has 0 rings (SSSR count). The zero-order valence-corrected chi connectivity index (χ0v) is 51.6. The molecule has 0 aromatic heterocycles. The Kier molecular flexibility index (Phi) is 60.4. The van der Waals surface area contributed by atoms with Crippen molar-refractivity contribution in [2.45, 2.75) is 225 Å². The third kappa shape index (κ3) is 64.1. The number of rotatable bonds is 56. The van der Waals surface area contributed by atoms with Crippen molar-refractivity contribution in [3.05, 3.63) is 182 Å². The number of allylic oxidation sites excluding steroid dienone is 30. The molecule has 0 bridgehead atoms. The fraction of sp³-hybridized carbons (Fsp3) is 0.549. The second kappa shape index (κ2) is 64.3. The van der Waals surface area contributed by atoms with E-state index in [1.54, 1.807) is 0 Å². The van der Waals surface area contributed by atoms with Gasteiger partial charge in [-0.3, -0.25) is 18.6 Å². The number of phosphoric acid groups is 1. The first-order valence-electron chi connectivity index (χ1n) is 31.3. The monoisotopic (exact) mass is 1140 g/mol. The Morgan fingerprint density at radius 3 is 0.951 bits per heavy atom. The SMILES string of the molecule is CC/C=C\C/C=C\C/C=C\C/C=C\C/C=C\C/C=C\C/C=C\C/C=C\C/C=C\C/C=C\C/C=C\CCCCCCCCCC(=O)OC(COC(=O)CCCCCCCC/C=C\C/C=C\C/C=C\C/C=C\CC)COP(=O)(O)OCCN. The molecule has 0 saturated heterocycles. The van der Waals surface area contributed by atoms with E-state index >= 15 is 0 Å². The molecule has 2 atom stereocenters. The Morgan fingerprint density at radius 1 is 0.370 bits per heavy atom. The minimum atomic E-state index is -4.41. The van der Waals surface area contributed by atoms with Crippen molar-refractivity contribution < 1.29 is 37.6 Å². The van der Waals surface area contributed by atoms with Crippen LogP contribution in [0.4, 0.5) is 0 Å². The molecule has 0 aliphatic heterocycles. The summed E-state index contributed by atoms with van der Waals surface area (Å²) in [6, 6.07) is 0. The van der Waals surface area contributed by atoms with Gasteiger partial charge in [-0.15, -0.1) is 0 Å². The summed E-state index contributed by atoms with van der Waals surface area (Å²) in [5, 5.41) is 0. The van der Waals surface area contributed by atoms with Gasteiger partial charge in [0.15, 0.2) is 6.10 Å². The van der Waals surface area contributed by atoms with Crippen molar-refractivity contribution in [2.75, 3.05) is 26.4 Å². The van der Waals surface area contributed by atoms with Crippen LogP contribution in [0.15, 0.2) is 182 Å². The lowest BCUT2D eigenvalue weighted by molar-refractivity contribution is -0.161. The maximum absolute atomic E-state index is 12.7. The average molecular weight is 1140 g/mol. The molecule has 3 N–H and O–H groups in total. The van der Waals surface area contributed by atoms with E-state index in [1.807, 2.05) is 0 Å². The van der Waals surface area contributed by atoms with Crippen LogP contribution in [0, 0.1) is 0 Å². The van der Waals surface area contributed by atoms with Gasteiger partial charge in [0.05, 0.1) is 13.2 Å². The zero-order chi connectivity index (χ0) is 58.7. The number of unbranched alkanes of at least 4 members (excludes halogenated alkanes) is 13. The fourth-order valence-corrected chi connectivity index (χ4v) is 8.51. The first-order valence-corrected chi connectivity index (χ1v) is 32.8. The minimum Gasteiger partial charge on any atom is -0.462 e. The van der Waals surface area contributed by atoms with Gasteiger partial charge in [0.25, 0.3) is 0 Å². The molecule has 81 heavy (non-hydrogen) atoms. The number of hydrogen-bond donors (Lipinski definition) is 2. The maximum atomic E-state index is 12.7. The molecule has 0 saturated carbocycles. The first kappa shape index (κ1) is 76.1. The number of esters is 2. The summed E-state index contributed by atoms with van der Waals surface area (Å²) >= 11 is 0. The third-order valence-corrected chi connectivity index (χ3v) is 13.3. The summed E-state index contributed by atoms with van der Waals surface area (Å²) < 4.78 is 33.0. The van der Waals surface area contributed by atoms with E-state index < -0.39 is 32.5 Å². The van der Waals surface area contributed by atoms with Crippen molar-refractivity contribution in [1.29, 1.82) is 0 Å². The first-order chi connectivity index (χ1) is 39.8. The molecule has 0 amide bonds. The molecule has 0 spiro atoms. The molecule has 0 aliphatic carbocycles. The Labute approximate surface area is 494 Å². The highest BCUT2D eigenvalue weighted by Crippen LogP contribution is 2.43. The normalized spacial score (nSPS) is 14.3. The summed E-state index contributed by atoms with van der Waals surface area (Å²) in [4.78, 5) is 35.2. The molecule has 0 aromatic carbocycles. The summed E-state index contributed by atoms with van der Waals surface area (Å²) in [6.45, 7) is 3.46. The van der Waals surface area contributed by atoms with Crippen LogP contribution < -0.4 is 5.73 Å². The predicted molar refractivity (Wildman–Crippen MR) is 348 cm³/mol. The summed E-state index contributed by atoms with van der Waals surface area (Å²) in [6.07, 6.45) is 96.7. The van der Waals surface area contributed by atoms with E-state index in [0.29, 0.717) is 12.8 Å². The lowest BCUT2D eigenvalue weighted by Crippen LogP contribution is -2.29. The highest BCUT2D eigenvalue weighted by molar-refractivity contribution is 7.47. The molecule has 10 heteroatoms. The van der Waals surface area contributed by atoms with Gasteiger partial charge in [-0.1, -0.05) is 254 Å². The van der Waals surface area contributed by atoms with Crippen molar-refractivity contribution in [3.8, 4) is 0 Å². The average Bonchev–Trinajstić information content (AvgIpc) is 3.46. The standard InChI is InChI=1S/C71H112NO8P/c1-3-5-7-9-11-13-15-17-19-21-23-24-25-26-27-28-29-30-31-32-33-34-35-36-37-38-39-40-41-42-43-44-46-48-50-52-54-56-58-60-62-64-71(74)80-69(68-79-81(75,76)78-66-65-72)67-77-70(73)63-61-59-57-55-53-51-49-47-45-22-20-18-16-14-12-10-8-6-4-2/h5-8,11-14,17-20,23-24,26-27,29-30,32-33,35-36,38-39,41-42,44-47,69H,3-4,9-10,15-16,21-22,25,28,31,34,37,40,43,48-68,72H2,1-2H3,(H,75,76)/b7-5-,8-6-,13-11-,14-12-,19-17-,20-18-,24-23-,27-26-,30-29-,33-32-,36-35-,39-38-,42-41-,46-44-,47-45-. The minimum absolute atomic E-state index is 0.0394. The third-order valence-electron chi connectivity index (χ3n) is 12.3.